The Kier molecular flexibility index (Phi) is 9.03. The lowest BCUT2D eigenvalue weighted by Crippen LogP contribution is -2.45. The summed E-state index contributed by atoms with van der Waals surface area (Å²) in [7, 11) is 0. The van der Waals surface area contributed by atoms with E-state index >= 15 is 0 Å². The van der Waals surface area contributed by atoms with E-state index in [9.17, 15) is 9.90 Å². The van der Waals surface area contributed by atoms with Gasteiger partial charge in [-0.1, -0.05) is 36.4 Å². The normalized spacial score (nSPS) is 25.4. The van der Waals surface area contributed by atoms with Crippen molar-refractivity contribution in [2.45, 2.75) is 63.3 Å². The van der Waals surface area contributed by atoms with Crippen molar-refractivity contribution in [3.63, 3.8) is 0 Å². The number of hydrogen-bond donors (Lipinski definition) is 2. The number of carbonyl (C=O) groups is 1. The van der Waals surface area contributed by atoms with Crippen LogP contribution in [0, 0.1) is 0 Å². The van der Waals surface area contributed by atoms with E-state index in [1.54, 1.807) is 24.5 Å². The Balaban J connectivity index is 1.20. The molecule has 2 N–H and O–H groups in total. The summed E-state index contributed by atoms with van der Waals surface area (Å²) in [5.74, 6) is -0.210. The molecule has 3 aliphatic heterocycles. The van der Waals surface area contributed by atoms with Crippen molar-refractivity contribution in [2.75, 3.05) is 38.0 Å². The van der Waals surface area contributed by atoms with Gasteiger partial charge in [-0.25, -0.2) is 0 Å². The summed E-state index contributed by atoms with van der Waals surface area (Å²) in [5.41, 5.74) is 4.01. The molecule has 3 saturated heterocycles. The van der Waals surface area contributed by atoms with Crippen LogP contribution >= 0.6 is 0 Å². The molecule has 0 aliphatic carbocycles. The van der Waals surface area contributed by atoms with Gasteiger partial charge in [0.2, 0.25) is 0 Å². The van der Waals surface area contributed by atoms with Gasteiger partial charge in [-0.05, 0) is 80.7 Å². The number of aromatic nitrogens is 1. The lowest BCUT2D eigenvalue weighted by atomic mass is 9.99. The zero-order chi connectivity index (χ0) is 28.0. The predicted octanol–water partition coefficient (Wildman–Crippen LogP) is 4.93. The van der Waals surface area contributed by atoms with E-state index in [1.165, 1.54) is 38.8 Å². The summed E-state index contributed by atoms with van der Waals surface area (Å²) in [6, 6.07) is 19.8. The van der Waals surface area contributed by atoms with E-state index < -0.39 is 6.29 Å². The number of likely N-dealkylation sites (tertiary alicyclic amines) is 2. The zero-order valence-electron chi connectivity index (χ0n) is 23.5. The molecule has 3 fully saturated rings. The fourth-order valence-corrected chi connectivity index (χ4v) is 6.36. The number of amides is 1. The second-order valence-corrected chi connectivity index (χ2v) is 11.5. The molecule has 4 atom stereocenters. The Bertz CT molecular complexity index is 1280. The largest absolute Gasteiger partial charge is 0.392 e. The summed E-state index contributed by atoms with van der Waals surface area (Å²) >= 11 is 0. The number of aliphatic hydroxyl groups is 1. The van der Waals surface area contributed by atoms with Crippen LogP contribution in [0.3, 0.4) is 0 Å². The molecule has 6 rings (SSSR count). The summed E-state index contributed by atoms with van der Waals surface area (Å²) in [6.45, 7) is 5.60. The van der Waals surface area contributed by atoms with Gasteiger partial charge in [-0.2, -0.15) is 0 Å². The SMILES string of the molecule is O=C(Nc1cccc([C@H]2O[C@@H](CN3CCC[C@H]3CN3CCCC3)C[C@@H](c3ccc(CO)cc3)O2)c1)c1cccnc1. The first-order valence-electron chi connectivity index (χ1n) is 14.9. The molecule has 41 heavy (non-hydrogen) atoms. The monoisotopic (exact) mass is 556 g/mol. The van der Waals surface area contributed by atoms with Crippen LogP contribution in [0.4, 0.5) is 5.69 Å². The first-order chi connectivity index (χ1) is 20.1. The number of nitrogens with one attached hydrogen (secondary N) is 1. The quantitative estimate of drug-likeness (QED) is 0.386. The molecule has 0 bridgehead atoms. The second-order valence-electron chi connectivity index (χ2n) is 11.5. The van der Waals surface area contributed by atoms with Crippen molar-refractivity contribution >= 4 is 11.6 Å². The molecule has 1 aromatic heterocycles. The first-order valence-corrected chi connectivity index (χ1v) is 14.9. The fourth-order valence-electron chi connectivity index (χ4n) is 6.36. The van der Waals surface area contributed by atoms with Gasteiger partial charge in [0, 0.05) is 49.2 Å². The average Bonchev–Trinajstić information content (AvgIpc) is 3.70. The third-order valence-corrected chi connectivity index (χ3v) is 8.56. The highest BCUT2D eigenvalue weighted by molar-refractivity contribution is 6.04. The van der Waals surface area contributed by atoms with E-state index in [0.29, 0.717) is 17.3 Å². The third kappa shape index (κ3) is 7.02. The van der Waals surface area contributed by atoms with Gasteiger partial charge in [0.1, 0.15) is 0 Å². The number of aliphatic hydroxyl groups excluding tert-OH is 1. The van der Waals surface area contributed by atoms with Crippen molar-refractivity contribution in [3.05, 3.63) is 95.3 Å². The minimum Gasteiger partial charge on any atom is -0.392 e. The summed E-state index contributed by atoms with van der Waals surface area (Å²) < 4.78 is 13.2. The minimum atomic E-state index is -0.564. The maximum Gasteiger partial charge on any atom is 0.257 e. The molecule has 0 unspecified atom stereocenters. The minimum absolute atomic E-state index is 0.00378. The topological polar surface area (TPSA) is 87.2 Å². The number of pyridine rings is 1. The lowest BCUT2D eigenvalue weighted by molar-refractivity contribution is -0.253. The standard InChI is InChI=1S/C33H40N4O4/c38-23-24-10-12-25(13-11-24)31-19-30(22-37-17-5-9-29(37)21-36-15-1-2-16-36)40-33(41-31)26-6-3-8-28(18-26)35-32(39)27-7-4-14-34-20-27/h3-4,6-8,10-14,18,20,29-31,33,38H,1-2,5,9,15-17,19,21-23H2,(H,35,39)/t29-,30+,31-,33-/m0/s1. The molecular formula is C33H40N4O4. The van der Waals surface area contributed by atoms with Crippen LogP contribution in [0.5, 0.6) is 0 Å². The van der Waals surface area contributed by atoms with E-state index in [2.05, 4.69) is 20.1 Å². The molecule has 0 saturated carbocycles. The Labute approximate surface area is 242 Å². The molecular weight excluding hydrogens is 516 g/mol. The van der Waals surface area contributed by atoms with E-state index in [0.717, 1.165) is 42.7 Å². The van der Waals surface area contributed by atoms with Crippen molar-refractivity contribution < 1.29 is 19.4 Å². The number of carbonyl (C=O) groups excluding carboxylic acids is 1. The predicted molar refractivity (Wildman–Crippen MR) is 157 cm³/mol. The number of nitrogens with zero attached hydrogens (tertiary/aromatic N) is 3. The number of rotatable bonds is 9. The molecule has 2 aromatic carbocycles. The van der Waals surface area contributed by atoms with Crippen LogP contribution in [0.2, 0.25) is 0 Å². The molecule has 8 heteroatoms. The van der Waals surface area contributed by atoms with Crippen molar-refractivity contribution in [1.29, 1.82) is 0 Å². The molecule has 3 aliphatic rings. The Hall–Kier alpha value is -3.14. The maximum atomic E-state index is 12.8. The highest BCUT2D eigenvalue weighted by Gasteiger charge is 2.36. The van der Waals surface area contributed by atoms with Crippen molar-refractivity contribution in [2.24, 2.45) is 0 Å². The first kappa shape index (κ1) is 28.0. The Morgan fingerprint density at radius 2 is 1.80 bits per heavy atom. The lowest BCUT2D eigenvalue weighted by Gasteiger charge is -2.39. The fraction of sp³-hybridized carbons (Fsp3) is 0.455. The smallest absolute Gasteiger partial charge is 0.257 e. The van der Waals surface area contributed by atoms with Crippen molar-refractivity contribution in [1.82, 2.24) is 14.8 Å². The van der Waals surface area contributed by atoms with Crippen LogP contribution in [0.25, 0.3) is 0 Å². The number of ether oxygens (including phenoxy) is 2. The van der Waals surface area contributed by atoms with Gasteiger partial charge in [0.25, 0.3) is 5.91 Å². The number of hydrogen-bond acceptors (Lipinski definition) is 7. The molecule has 0 radical (unpaired) electrons. The summed E-state index contributed by atoms with van der Waals surface area (Å²) in [6.07, 6.45) is 8.37. The molecule has 1 amide bonds. The number of benzene rings is 2. The molecule has 8 nitrogen and oxygen atoms in total. The van der Waals surface area contributed by atoms with Crippen LogP contribution in [0.1, 0.15) is 71.5 Å². The van der Waals surface area contributed by atoms with Gasteiger partial charge in [0.15, 0.2) is 6.29 Å². The van der Waals surface area contributed by atoms with Crippen LogP contribution < -0.4 is 5.32 Å². The van der Waals surface area contributed by atoms with Crippen LogP contribution in [-0.4, -0.2) is 70.7 Å². The van der Waals surface area contributed by atoms with Gasteiger partial charge < -0.3 is 24.8 Å². The van der Waals surface area contributed by atoms with E-state index in [4.69, 9.17) is 9.47 Å². The highest BCUT2D eigenvalue weighted by atomic mass is 16.7. The Morgan fingerprint density at radius 3 is 2.59 bits per heavy atom. The third-order valence-electron chi connectivity index (χ3n) is 8.56. The summed E-state index contributed by atoms with van der Waals surface area (Å²) in [5, 5.41) is 12.5. The van der Waals surface area contributed by atoms with E-state index in [1.807, 2.05) is 48.5 Å². The Morgan fingerprint density at radius 1 is 0.951 bits per heavy atom. The second kappa shape index (κ2) is 13.2. The van der Waals surface area contributed by atoms with Crippen molar-refractivity contribution in [3.8, 4) is 0 Å². The van der Waals surface area contributed by atoms with E-state index in [-0.39, 0.29) is 24.7 Å². The molecule has 216 valence electrons. The van der Waals surface area contributed by atoms with Gasteiger partial charge >= 0.3 is 0 Å². The number of anilines is 1. The molecule has 4 heterocycles. The van der Waals surface area contributed by atoms with Gasteiger partial charge in [-0.15, -0.1) is 0 Å². The summed E-state index contributed by atoms with van der Waals surface area (Å²) in [4.78, 5) is 22.0. The van der Waals surface area contributed by atoms with Crippen LogP contribution in [-0.2, 0) is 16.1 Å². The van der Waals surface area contributed by atoms with Gasteiger partial charge in [-0.3, -0.25) is 14.7 Å². The maximum absolute atomic E-state index is 12.8. The average molecular weight is 557 g/mol. The van der Waals surface area contributed by atoms with Crippen LogP contribution in [0.15, 0.2) is 73.1 Å². The zero-order valence-corrected chi connectivity index (χ0v) is 23.5. The highest BCUT2D eigenvalue weighted by Crippen LogP contribution is 2.39. The van der Waals surface area contributed by atoms with Gasteiger partial charge in [0.05, 0.1) is 24.4 Å². The molecule has 0 spiro atoms. The molecule has 3 aromatic rings.